The van der Waals surface area contributed by atoms with E-state index >= 15 is 0 Å². The van der Waals surface area contributed by atoms with E-state index in [9.17, 15) is 4.79 Å². The predicted octanol–water partition coefficient (Wildman–Crippen LogP) is 2.66. The molecule has 1 saturated heterocycles. The van der Waals surface area contributed by atoms with Crippen LogP contribution in [0.3, 0.4) is 0 Å². The van der Waals surface area contributed by atoms with Crippen LogP contribution >= 0.6 is 0 Å². The molecule has 32 heavy (non-hydrogen) atoms. The first-order valence-corrected chi connectivity index (χ1v) is 11.3. The van der Waals surface area contributed by atoms with E-state index in [1.165, 1.54) is 0 Å². The minimum absolute atomic E-state index is 0.338. The molecule has 1 aliphatic rings. The summed E-state index contributed by atoms with van der Waals surface area (Å²) in [6.45, 7) is 7.88. The fourth-order valence-electron chi connectivity index (χ4n) is 3.93. The lowest BCUT2D eigenvalue weighted by atomic mass is 10.1. The molecule has 0 spiro atoms. The lowest BCUT2D eigenvalue weighted by molar-refractivity contribution is -0.903. The van der Waals surface area contributed by atoms with E-state index in [0.717, 1.165) is 80.8 Å². The van der Waals surface area contributed by atoms with Gasteiger partial charge in [0.1, 0.15) is 17.9 Å². The molecule has 1 aromatic heterocycles. The SMILES string of the molecule is COc1ccc2c(C[N+](C)(C)CCCN=C=NCCCN3CCOCC3)cc(=O)oc2c1. The maximum atomic E-state index is 12.0. The quantitative estimate of drug-likeness (QED) is 0.231. The van der Waals surface area contributed by atoms with Gasteiger partial charge in [0.2, 0.25) is 0 Å². The number of quaternary nitrogens is 1. The van der Waals surface area contributed by atoms with Crippen LogP contribution in [0.1, 0.15) is 18.4 Å². The minimum Gasteiger partial charge on any atom is -0.497 e. The smallest absolute Gasteiger partial charge is 0.336 e. The molecule has 174 valence electrons. The molecule has 0 N–H and O–H groups in total. The van der Waals surface area contributed by atoms with Crippen molar-refractivity contribution in [3.63, 3.8) is 0 Å². The van der Waals surface area contributed by atoms with E-state index < -0.39 is 0 Å². The second-order valence-corrected chi connectivity index (χ2v) is 8.79. The molecule has 3 rings (SSSR count). The zero-order chi connectivity index (χ0) is 22.8. The summed E-state index contributed by atoms with van der Waals surface area (Å²) >= 11 is 0. The summed E-state index contributed by atoms with van der Waals surface area (Å²) < 4.78 is 16.7. The average Bonchev–Trinajstić information content (AvgIpc) is 2.77. The molecule has 0 unspecified atom stereocenters. The molecule has 0 saturated carbocycles. The Morgan fingerprint density at radius 3 is 2.62 bits per heavy atom. The van der Waals surface area contributed by atoms with Gasteiger partial charge in [0, 0.05) is 49.1 Å². The number of morpholine rings is 1. The first-order valence-electron chi connectivity index (χ1n) is 11.3. The molecule has 0 bridgehead atoms. The van der Waals surface area contributed by atoms with Crippen LogP contribution in [0.15, 0.2) is 43.5 Å². The third-order valence-electron chi connectivity index (χ3n) is 5.66. The van der Waals surface area contributed by atoms with E-state index in [4.69, 9.17) is 13.9 Å². The number of methoxy groups -OCH3 is 1. The first kappa shape index (κ1) is 24.1. The molecule has 0 atom stereocenters. The van der Waals surface area contributed by atoms with Gasteiger partial charge in [0.05, 0.1) is 60.1 Å². The van der Waals surface area contributed by atoms with Gasteiger partial charge in [-0.05, 0) is 18.6 Å². The summed E-state index contributed by atoms with van der Waals surface area (Å²) in [5.74, 6) is 0.673. The van der Waals surface area contributed by atoms with Crippen LogP contribution in [0, 0.1) is 0 Å². The standard InChI is InChI=1S/C24H35N4O4/c1-28(2,13-5-9-26-19-25-8-4-10-27-11-14-31-15-12-27)18-20-16-24(29)32-23-17-21(30-3)6-7-22(20)23/h6-7,16-17H,4-5,8-15,18H2,1-3H3/q+1. The Morgan fingerprint density at radius 2 is 1.88 bits per heavy atom. The molecule has 0 amide bonds. The summed E-state index contributed by atoms with van der Waals surface area (Å²) in [6, 6.07) is 10.0. The van der Waals surface area contributed by atoms with Crippen LogP contribution in [-0.2, 0) is 11.3 Å². The van der Waals surface area contributed by atoms with Gasteiger partial charge >= 0.3 is 5.63 Å². The van der Waals surface area contributed by atoms with Gasteiger partial charge in [-0.3, -0.25) is 4.90 Å². The van der Waals surface area contributed by atoms with Crippen molar-refractivity contribution in [3.05, 3.63) is 40.2 Å². The first-order chi connectivity index (χ1) is 15.5. The summed E-state index contributed by atoms with van der Waals surface area (Å²) in [4.78, 5) is 23.0. The highest BCUT2D eigenvalue weighted by Crippen LogP contribution is 2.24. The zero-order valence-electron chi connectivity index (χ0n) is 19.5. The summed E-state index contributed by atoms with van der Waals surface area (Å²) in [5.41, 5.74) is 1.20. The van der Waals surface area contributed by atoms with Crippen LogP contribution in [-0.4, -0.2) is 89.1 Å². The van der Waals surface area contributed by atoms with Gasteiger partial charge in [-0.15, -0.1) is 0 Å². The number of hydrogen-bond acceptors (Lipinski definition) is 7. The summed E-state index contributed by atoms with van der Waals surface area (Å²) in [7, 11) is 5.92. The Labute approximate surface area is 189 Å². The van der Waals surface area contributed by atoms with Crippen LogP contribution in [0.4, 0.5) is 0 Å². The Bertz CT molecular complexity index is 989. The minimum atomic E-state index is -0.338. The van der Waals surface area contributed by atoms with E-state index in [0.29, 0.717) is 17.9 Å². The summed E-state index contributed by atoms with van der Waals surface area (Å²) in [6.07, 6.45) is 1.95. The van der Waals surface area contributed by atoms with Gasteiger partial charge in [-0.2, -0.15) is 0 Å². The molecular weight excluding hydrogens is 408 g/mol. The van der Waals surface area contributed by atoms with E-state index in [1.54, 1.807) is 19.2 Å². The molecule has 1 aromatic carbocycles. The Kier molecular flexibility index (Phi) is 9.00. The van der Waals surface area contributed by atoms with Gasteiger partial charge in [0.25, 0.3) is 0 Å². The van der Waals surface area contributed by atoms with Crippen molar-refractivity contribution in [1.82, 2.24) is 4.90 Å². The normalized spacial score (nSPS) is 14.8. The van der Waals surface area contributed by atoms with E-state index in [1.807, 2.05) is 12.1 Å². The Hall–Kier alpha value is -2.51. The van der Waals surface area contributed by atoms with Crippen molar-refractivity contribution in [2.75, 3.05) is 73.7 Å². The van der Waals surface area contributed by atoms with Crippen LogP contribution in [0.5, 0.6) is 5.75 Å². The number of rotatable bonds is 11. The van der Waals surface area contributed by atoms with Gasteiger partial charge in [-0.25, -0.2) is 14.8 Å². The van der Waals surface area contributed by atoms with Crippen LogP contribution < -0.4 is 10.4 Å². The molecule has 1 aliphatic heterocycles. The fourth-order valence-corrected chi connectivity index (χ4v) is 3.93. The zero-order valence-corrected chi connectivity index (χ0v) is 19.5. The van der Waals surface area contributed by atoms with Crippen molar-refractivity contribution in [1.29, 1.82) is 0 Å². The largest absolute Gasteiger partial charge is 0.497 e. The molecule has 8 heteroatoms. The van der Waals surface area contributed by atoms with E-state index in [-0.39, 0.29) is 5.63 Å². The van der Waals surface area contributed by atoms with Crippen LogP contribution in [0.25, 0.3) is 11.0 Å². The number of ether oxygens (including phenoxy) is 2. The number of nitrogens with zero attached hydrogens (tertiary/aromatic N) is 4. The van der Waals surface area contributed by atoms with Gasteiger partial charge in [-0.1, -0.05) is 0 Å². The molecule has 0 aliphatic carbocycles. The lowest BCUT2D eigenvalue weighted by Gasteiger charge is -2.30. The van der Waals surface area contributed by atoms with Gasteiger partial charge < -0.3 is 18.4 Å². The Balaban J connectivity index is 1.44. The maximum absolute atomic E-state index is 12.0. The Morgan fingerprint density at radius 1 is 1.12 bits per heavy atom. The van der Waals surface area contributed by atoms with Crippen molar-refractivity contribution in [3.8, 4) is 5.75 Å². The molecule has 2 aromatic rings. The molecular formula is C24H35N4O4+. The molecule has 8 nitrogen and oxygen atoms in total. The lowest BCUT2D eigenvalue weighted by Crippen LogP contribution is -2.40. The van der Waals surface area contributed by atoms with Crippen molar-refractivity contribution in [2.45, 2.75) is 19.4 Å². The predicted molar refractivity (Wildman–Crippen MR) is 126 cm³/mol. The third kappa shape index (κ3) is 7.57. The molecule has 0 radical (unpaired) electrons. The number of benzene rings is 1. The third-order valence-corrected chi connectivity index (χ3v) is 5.66. The van der Waals surface area contributed by atoms with E-state index in [2.05, 4.69) is 35.0 Å². The number of fused-ring (bicyclic) bond motifs is 1. The second-order valence-electron chi connectivity index (χ2n) is 8.79. The molecule has 1 fully saturated rings. The molecule has 2 heterocycles. The average molecular weight is 444 g/mol. The summed E-state index contributed by atoms with van der Waals surface area (Å²) in [5, 5.41) is 0.943. The maximum Gasteiger partial charge on any atom is 0.336 e. The fraction of sp³-hybridized carbons (Fsp3) is 0.583. The second kappa shape index (κ2) is 11.9. The number of hydrogen-bond donors (Lipinski definition) is 0. The van der Waals surface area contributed by atoms with Crippen LogP contribution in [0.2, 0.25) is 0 Å². The van der Waals surface area contributed by atoms with Crippen molar-refractivity contribution in [2.24, 2.45) is 9.98 Å². The number of aliphatic imine (C=N–C) groups is 2. The highest BCUT2D eigenvalue weighted by atomic mass is 16.5. The highest BCUT2D eigenvalue weighted by Gasteiger charge is 2.18. The topological polar surface area (TPSA) is 76.6 Å². The van der Waals surface area contributed by atoms with Crippen molar-refractivity contribution >= 4 is 17.0 Å². The van der Waals surface area contributed by atoms with Crippen molar-refractivity contribution < 1.29 is 18.4 Å². The monoisotopic (exact) mass is 443 g/mol. The highest BCUT2D eigenvalue weighted by molar-refractivity contribution is 5.81. The van der Waals surface area contributed by atoms with Gasteiger partial charge in [0.15, 0.2) is 0 Å².